The molecule has 0 saturated heterocycles. The molecule has 0 radical (unpaired) electrons. The predicted molar refractivity (Wildman–Crippen MR) is 87.5 cm³/mol. The summed E-state index contributed by atoms with van der Waals surface area (Å²) in [5.74, 6) is 0.757. The molecular formula is C18H18N2O3. The van der Waals surface area contributed by atoms with Gasteiger partial charge in [-0.1, -0.05) is 30.3 Å². The fourth-order valence-electron chi connectivity index (χ4n) is 2.79. The largest absolute Gasteiger partial charge is 0.508 e. The molecule has 3 rings (SSSR count). The maximum absolute atomic E-state index is 12.0. The molecule has 1 atom stereocenters. The van der Waals surface area contributed by atoms with Crippen molar-refractivity contribution in [2.24, 2.45) is 5.10 Å². The molecule has 1 heterocycles. The standard InChI is InChI=1S/C18H18N2O3/c1-12(21)20-17(15-8-3-4-9-18(15)22)11-16(19-20)13-6-5-7-14(10-13)23-2/h3-10,17,22H,11H2,1-2H3. The maximum Gasteiger partial charge on any atom is 0.240 e. The Morgan fingerprint density at radius 2 is 2.04 bits per heavy atom. The van der Waals surface area contributed by atoms with Crippen LogP contribution in [0.4, 0.5) is 0 Å². The number of nitrogens with zero attached hydrogens (tertiary/aromatic N) is 2. The number of carbonyl (C=O) groups is 1. The van der Waals surface area contributed by atoms with Crippen molar-refractivity contribution < 1.29 is 14.6 Å². The third-order valence-corrected chi connectivity index (χ3v) is 3.93. The van der Waals surface area contributed by atoms with Gasteiger partial charge >= 0.3 is 0 Å². The zero-order valence-corrected chi connectivity index (χ0v) is 13.1. The molecule has 1 aliphatic heterocycles. The van der Waals surface area contributed by atoms with Gasteiger partial charge < -0.3 is 9.84 Å². The maximum atomic E-state index is 12.0. The Morgan fingerprint density at radius 3 is 2.74 bits per heavy atom. The summed E-state index contributed by atoms with van der Waals surface area (Å²) in [4.78, 5) is 12.0. The lowest BCUT2D eigenvalue weighted by molar-refractivity contribution is -0.130. The lowest BCUT2D eigenvalue weighted by atomic mass is 9.97. The highest BCUT2D eigenvalue weighted by Crippen LogP contribution is 2.37. The van der Waals surface area contributed by atoms with Crippen LogP contribution in [0.25, 0.3) is 0 Å². The van der Waals surface area contributed by atoms with E-state index in [4.69, 9.17) is 4.74 Å². The van der Waals surface area contributed by atoms with Crippen LogP contribution in [0.3, 0.4) is 0 Å². The van der Waals surface area contributed by atoms with E-state index in [1.165, 1.54) is 11.9 Å². The van der Waals surface area contributed by atoms with Crippen molar-refractivity contribution in [3.05, 3.63) is 59.7 Å². The molecule has 1 unspecified atom stereocenters. The second-order valence-corrected chi connectivity index (χ2v) is 5.42. The van der Waals surface area contributed by atoms with Crippen molar-refractivity contribution in [1.29, 1.82) is 0 Å². The number of carbonyl (C=O) groups excluding carboxylic acids is 1. The molecule has 0 aromatic heterocycles. The third kappa shape index (κ3) is 2.90. The Balaban J connectivity index is 1.97. The van der Waals surface area contributed by atoms with Gasteiger partial charge in [0.05, 0.1) is 18.9 Å². The topological polar surface area (TPSA) is 62.1 Å². The van der Waals surface area contributed by atoms with Gasteiger partial charge in [0.2, 0.25) is 5.91 Å². The summed E-state index contributed by atoms with van der Waals surface area (Å²) in [7, 11) is 1.61. The number of phenolic OH excluding ortho intramolecular Hbond substituents is 1. The molecule has 0 saturated carbocycles. The van der Waals surface area contributed by atoms with Crippen LogP contribution in [-0.4, -0.2) is 28.8 Å². The van der Waals surface area contributed by atoms with Crippen LogP contribution in [0.2, 0.25) is 0 Å². The van der Waals surface area contributed by atoms with E-state index in [2.05, 4.69) is 5.10 Å². The molecule has 2 aromatic rings. The highest BCUT2D eigenvalue weighted by atomic mass is 16.5. The van der Waals surface area contributed by atoms with Crippen molar-refractivity contribution in [3.63, 3.8) is 0 Å². The summed E-state index contributed by atoms with van der Waals surface area (Å²) in [6.45, 7) is 1.48. The second-order valence-electron chi connectivity index (χ2n) is 5.42. The molecule has 1 amide bonds. The molecular weight excluding hydrogens is 292 g/mol. The fraction of sp³-hybridized carbons (Fsp3) is 0.222. The van der Waals surface area contributed by atoms with E-state index in [0.717, 1.165) is 17.0 Å². The number of phenols is 1. The minimum Gasteiger partial charge on any atom is -0.508 e. The minimum absolute atomic E-state index is 0.156. The summed E-state index contributed by atoms with van der Waals surface area (Å²) >= 11 is 0. The van der Waals surface area contributed by atoms with Crippen LogP contribution in [-0.2, 0) is 4.79 Å². The normalized spacial score (nSPS) is 17.0. The first-order chi connectivity index (χ1) is 11.1. The van der Waals surface area contributed by atoms with E-state index in [0.29, 0.717) is 12.0 Å². The van der Waals surface area contributed by atoms with Crippen molar-refractivity contribution in [2.45, 2.75) is 19.4 Å². The molecule has 2 aromatic carbocycles. The van der Waals surface area contributed by atoms with Gasteiger partial charge in [-0.2, -0.15) is 5.10 Å². The number of hydrogen-bond acceptors (Lipinski definition) is 4. The summed E-state index contributed by atoms with van der Waals surface area (Å²) in [6, 6.07) is 14.3. The van der Waals surface area contributed by atoms with Crippen LogP contribution in [0.5, 0.6) is 11.5 Å². The summed E-state index contributed by atoms with van der Waals surface area (Å²) in [5, 5.41) is 16.0. The van der Waals surface area contributed by atoms with Gasteiger partial charge in [0.1, 0.15) is 11.5 Å². The highest BCUT2D eigenvalue weighted by Gasteiger charge is 2.32. The number of para-hydroxylation sites is 1. The lowest BCUT2D eigenvalue weighted by Crippen LogP contribution is -2.24. The molecule has 5 heteroatoms. The van der Waals surface area contributed by atoms with E-state index in [-0.39, 0.29) is 17.7 Å². The number of rotatable bonds is 3. The van der Waals surface area contributed by atoms with Gasteiger partial charge in [-0.15, -0.1) is 0 Å². The minimum atomic E-state index is -0.296. The zero-order chi connectivity index (χ0) is 16.4. The van der Waals surface area contributed by atoms with E-state index in [1.54, 1.807) is 19.2 Å². The number of hydrogen-bond donors (Lipinski definition) is 1. The smallest absolute Gasteiger partial charge is 0.240 e. The van der Waals surface area contributed by atoms with Gasteiger partial charge in [0.15, 0.2) is 0 Å². The van der Waals surface area contributed by atoms with Crippen molar-refractivity contribution in [3.8, 4) is 11.5 Å². The SMILES string of the molecule is COc1cccc(C2=NN(C(C)=O)C(c3ccccc3O)C2)c1. The van der Waals surface area contributed by atoms with Gasteiger partial charge in [0, 0.05) is 24.5 Å². The van der Waals surface area contributed by atoms with E-state index >= 15 is 0 Å². The average molecular weight is 310 g/mol. The molecule has 5 nitrogen and oxygen atoms in total. The Kier molecular flexibility index (Phi) is 4.02. The second kappa shape index (κ2) is 6.12. The summed E-state index contributed by atoms with van der Waals surface area (Å²) in [6.07, 6.45) is 0.546. The van der Waals surface area contributed by atoms with Crippen LogP contribution in [0, 0.1) is 0 Å². The van der Waals surface area contributed by atoms with E-state index in [1.807, 2.05) is 36.4 Å². The van der Waals surface area contributed by atoms with Crippen LogP contribution >= 0.6 is 0 Å². The highest BCUT2D eigenvalue weighted by molar-refractivity contribution is 6.03. The molecule has 1 N–H and O–H groups in total. The van der Waals surface area contributed by atoms with Crippen molar-refractivity contribution in [1.82, 2.24) is 5.01 Å². The Labute approximate surface area is 134 Å². The fourth-order valence-corrected chi connectivity index (χ4v) is 2.79. The number of ether oxygens (including phenoxy) is 1. The third-order valence-electron chi connectivity index (χ3n) is 3.93. The molecule has 23 heavy (non-hydrogen) atoms. The monoisotopic (exact) mass is 310 g/mol. The van der Waals surface area contributed by atoms with Crippen LogP contribution < -0.4 is 4.74 Å². The van der Waals surface area contributed by atoms with E-state index < -0.39 is 0 Å². The number of amides is 1. The number of hydrazone groups is 1. The first-order valence-electron chi connectivity index (χ1n) is 7.39. The molecule has 0 spiro atoms. The molecule has 1 aliphatic rings. The van der Waals surface area contributed by atoms with Crippen molar-refractivity contribution in [2.75, 3.05) is 7.11 Å². The van der Waals surface area contributed by atoms with Crippen molar-refractivity contribution >= 4 is 11.6 Å². The van der Waals surface area contributed by atoms with Gasteiger partial charge in [0.25, 0.3) is 0 Å². The summed E-state index contributed by atoms with van der Waals surface area (Å²) in [5.41, 5.74) is 2.41. The first-order valence-corrected chi connectivity index (χ1v) is 7.39. The lowest BCUT2D eigenvalue weighted by Gasteiger charge is -2.21. The van der Waals surface area contributed by atoms with Gasteiger partial charge in [-0.3, -0.25) is 4.79 Å². The molecule has 0 bridgehead atoms. The average Bonchev–Trinajstić information content (AvgIpc) is 3.01. The summed E-state index contributed by atoms with van der Waals surface area (Å²) < 4.78 is 5.24. The van der Waals surface area contributed by atoms with Crippen LogP contribution in [0.1, 0.15) is 30.5 Å². The van der Waals surface area contributed by atoms with Gasteiger partial charge in [-0.05, 0) is 18.2 Å². The number of methoxy groups -OCH3 is 1. The molecule has 118 valence electrons. The van der Waals surface area contributed by atoms with E-state index in [9.17, 15) is 9.90 Å². The Hall–Kier alpha value is -2.82. The Morgan fingerprint density at radius 1 is 1.26 bits per heavy atom. The zero-order valence-electron chi connectivity index (χ0n) is 13.1. The molecule has 0 aliphatic carbocycles. The first kappa shape index (κ1) is 15.1. The van der Waals surface area contributed by atoms with Crippen LogP contribution in [0.15, 0.2) is 53.6 Å². The number of benzene rings is 2. The quantitative estimate of drug-likeness (QED) is 0.947. The Bertz CT molecular complexity index is 770. The molecule has 0 fully saturated rings. The predicted octanol–water partition coefficient (Wildman–Crippen LogP) is 3.10. The van der Waals surface area contributed by atoms with Gasteiger partial charge in [-0.25, -0.2) is 5.01 Å². The number of aromatic hydroxyl groups is 1.